The molecule has 7 heteroatoms. The summed E-state index contributed by atoms with van der Waals surface area (Å²) < 4.78 is 34.9. The van der Waals surface area contributed by atoms with Crippen LogP contribution in [0.2, 0.25) is 0 Å². The van der Waals surface area contributed by atoms with Crippen molar-refractivity contribution < 1.29 is 22.7 Å². The third kappa shape index (κ3) is 4.51. The molecule has 0 saturated heterocycles. The molecule has 0 spiro atoms. The van der Waals surface area contributed by atoms with Gasteiger partial charge in [-0.25, -0.2) is 8.42 Å². The van der Waals surface area contributed by atoms with E-state index in [0.717, 1.165) is 0 Å². The molecule has 1 amide bonds. The molecule has 25 heavy (non-hydrogen) atoms. The molecule has 0 aliphatic rings. The van der Waals surface area contributed by atoms with Crippen LogP contribution < -0.4 is 14.4 Å². The molecule has 0 radical (unpaired) electrons. The van der Waals surface area contributed by atoms with E-state index in [1.807, 2.05) is 0 Å². The van der Waals surface area contributed by atoms with E-state index in [-0.39, 0.29) is 23.0 Å². The van der Waals surface area contributed by atoms with Crippen LogP contribution in [-0.2, 0) is 14.6 Å². The summed E-state index contributed by atoms with van der Waals surface area (Å²) in [5.41, 5.74) is 0.597. The van der Waals surface area contributed by atoms with Gasteiger partial charge in [-0.3, -0.25) is 4.79 Å². The van der Waals surface area contributed by atoms with Crippen molar-refractivity contribution in [3.63, 3.8) is 0 Å². The SMILES string of the molecule is COc1ccc(N(C)C(=O)CCS(=O)(=O)c2ccccc2)cc1OC. The van der Waals surface area contributed by atoms with Gasteiger partial charge in [0.25, 0.3) is 0 Å². The van der Waals surface area contributed by atoms with Gasteiger partial charge in [-0.2, -0.15) is 0 Å². The number of rotatable bonds is 7. The van der Waals surface area contributed by atoms with Gasteiger partial charge in [0, 0.05) is 25.2 Å². The predicted molar refractivity (Wildman–Crippen MR) is 96.1 cm³/mol. The second kappa shape index (κ2) is 8.02. The van der Waals surface area contributed by atoms with Gasteiger partial charge in [0.15, 0.2) is 21.3 Å². The lowest BCUT2D eigenvalue weighted by atomic mass is 10.2. The Morgan fingerprint density at radius 2 is 1.64 bits per heavy atom. The Kier molecular flexibility index (Phi) is 6.03. The molecule has 2 aromatic carbocycles. The lowest BCUT2D eigenvalue weighted by Crippen LogP contribution is -2.28. The number of sulfone groups is 1. The van der Waals surface area contributed by atoms with Crippen LogP contribution in [0.4, 0.5) is 5.69 Å². The molecule has 0 heterocycles. The fourth-order valence-electron chi connectivity index (χ4n) is 2.31. The number of carbonyl (C=O) groups is 1. The summed E-state index contributed by atoms with van der Waals surface area (Å²) in [7, 11) is 1.15. The molecular formula is C18H21NO5S. The molecule has 0 aliphatic carbocycles. The lowest BCUT2D eigenvalue weighted by molar-refractivity contribution is -0.117. The maximum atomic E-state index is 12.4. The van der Waals surface area contributed by atoms with Gasteiger partial charge in [-0.15, -0.1) is 0 Å². The molecular weight excluding hydrogens is 342 g/mol. The average molecular weight is 363 g/mol. The summed E-state index contributed by atoms with van der Waals surface area (Å²) in [5.74, 6) is 0.509. The summed E-state index contributed by atoms with van der Waals surface area (Å²) in [5, 5.41) is 0. The number of benzene rings is 2. The molecule has 2 aromatic rings. The zero-order chi connectivity index (χ0) is 18.4. The fourth-order valence-corrected chi connectivity index (χ4v) is 3.56. The van der Waals surface area contributed by atoms with Gasteiger partial charge < -0.3 is 14.4 Å². The first-order chi connectivity index (χ1) is 11.9. The standard InChI is InChI=1S/C18H21NO5S/c1-19(14-9-10-16(23-2)17(13-14)24-3)18(20)11-12-25(21,22)15-7-5-4-6-8-15/h4-10,13H,11-12H2,1-3H3. The Bertz CT molecular complexity index is 834. The van der Waals surface area contributed by atoms with E-state index in [1.165, 1.54) is 31.3 Å². The maximum absolute atomic E-state index is 12.4. The molecule has 0 saturated carbocycles. The van der Waals surface area contributed by atoms with Gasteiger partial charge in [0.05, 0.1) is 24.9 Å². The Labute approximate surface area is 147 Å². The van der Waals surface area contributed by atoms with Crippen LogP contribution in [0.1, 0.15) is 6.42 Å². The van der Waals surface area contributed by atoms with Crippen LogP contribution in [0.5, 0.6) is 11.5 Å². The molecule has 0 atom stereocenters. The minimum absolute atomic E-state index is 0.109. The molecule has 0 aliphatic heterocycles. The van der Waals surface area contributed by atoms with Crippen LogP contribution in [0.3, 0.4) is 0 Å². The Morgan fingerprint density at radius 1 is 1.00 bits per heavy atom. The van der Waals surface area contributed by atoms with Crippen molar-refractivity contribution in [1.82, 2.24) is 0 Å². The van der Waals surface area contributed by atoms with Crippen LogP contribution in [-0.4, -0.2) is 41.3 Å². The largest absolute Gasteiger partial charge is 0.493 e. The van der Waals surface area contributed by atoms with Crippen molar-refractivity contribution in [2.24, 2.45) is 0 Å². The number of hydrogen-bond donors (Lipinski definition) is 0. The second-order valence-corrected chi connectivity index (χ2v) is 7.48. The van der Waals surface area contributed by atoms with E-state index < -0.39 is 9.84 Å². The van der Waals surface area contributed by atoms with E-state index in [0.29, 0.717) is 17.2 Å². The molecule has 6 nitrogen and oxygen atoms in total. The highest BCUT2D eigenvalue weighted by atomic mass is 32.2. The number of carbonyl (C=O) groups excluding carboxylic acids is 1. The number of nitrogens with zero attached hydrogens (tertiary/aromatic N) is 1. The van der Waals surface area contributed by atoms with Crippen LogP contribution >= 0.6 is 0 Å². The van der Waals surface area contributed by atoms with Crippen molar-refractivity contribution >= 4 is 21.4 Å². The third-order valence-corrected chi connectivity index (χ3v) is 5.55. The molecule has 134 valence electrons. The highest BCUT2D eigenvalue weighted by Gasteiger charge is 2.19. The zero-order valence-corrected chi connectivity index (χ0v) is 15.2. The molecule has 0 N–H and O–H groups in total. The van der Waals surface area contributed by atoms with E-state index in [1.54, 1.807) is 43.4 Å². The van der Waals surface area contributed by atoms with Crippen molar-refractivity contribution in [3.05, 3.63) is 48.5 Å². The summed E-state index contributed by atoms with van der Waals surface area (Å²) in [4.78, 5) is 14.0. The van der Waals surface area contributed by atoms with Crippen LogP contribution in [0, 0.1) is 0 Å². The molecule has 0 unspecified atom stereocenters. The average Bonchev–Trinajstić information content (AvgIpc) is 2.65. The zero-order valence-electron chi connectivity index (χ0n) is 14.4. The van der Waals surface area contributed by atoms with E-state index in [9.17, 15) is 13.2 Å². The first-order valence-corrected chi connectivity index (χ1v) is 9.30. The normalized spacial score (nSPS) is 11.0. The molecule has 0 bridgehead atoms. The lowest BCUT2D eigenvalue weighted by Gasteiger charge is -2.19. The quantitative estimate of drug-likeness (QED) is 0.756. The van der Waals surface area contributed by atoms with Gasteiger partial charge in [-0.05, 0) is 24.3 Å². The Hall–Kier alpha value is -2.54. The topological polar surface area (TPSA) is 72.9 Å². The third-order valence-electron chi connectivity index (χ3n) is 3.82. The number of anilines is 1. The first-order valence-electron chi connectivity index (χ1n) is 7.65. The van der Waals surface area contributed by atoms with Crippen LogP contribution in [0.15, 0.2) is 53.4 Å². The highest BCUT2D eigenvalue weighted by molar-refractivity contribution is 7.91. The number of ether oxygens (including phenoxy) is 2. The highest BCUT2D eigenvalue weighted by Crippen LogP contribution is 2.31. The van der Waals surface area contributed by atoms with Crippen molar-refractivity contribution in [1.29, 1.82) is 0 Å². The summed E-state index contributed by atoms with van der Waals surface area (Å²) in [6.07, 6.45) is -0.109. The fraction of sp³-hybridized carbons (Fsp3) is 0.278. The number of amides is 1. The minimum atomic E-state index is -3.49. The Balaban J connectivity index is 2.08. The van der Waals surface area contributed by atoms with Crippen LogP contribution in [0.25, 0.3) is 0 Å². The van der Waals surface area contributed by atoms with Gasteiger partial charge in [0.1, 0.15) is 0 Å². The summed E-state index contributed by atoms with van der Waals surface area (Å²) >= 11 is 0. The maximum Gasteiger partial charge on any atom is 0.227 e. The van der Waals surface area contributed by atoms with Gasteiger partial charge in [-0.1, -0.05) is 18.2 Å². The monoisotopic (exact) mass is 363 g/mol. The number of methoxy groups -OCH3 is 2. The number of hydrogen-bond acceptors (Lipinski definition) is 5. The Morgan fingerprint density at radius 3 is 2.24 bits per heavy atom. The van der Waals surface area contributed by atoms with E-state index in [2.05, 4.69) is 0 Å². The van der Waals surface area contributed by atoms with Crippen molar-refractivity contribution in [3.8, 4) is 11.5 Å². The van der Waals surface area contributed by atoms with Crippen molar-refractivity contribution in [2.75, 3.05) is 31.9 Å². The van der Waals surface area contributed by atoms with E-state index >= 15 is 0 Å². The van der Waals surface area contributed by atoms with Gasteiger partial charge >= 0.3 is 0 Å². The smallest absolute Gasteiger partial charge is 0.227 e. The molecule has 0 fully saturated rings. The van der Waals surface area contributed by atoms with Crippen molar-refractivity contribution in [2.45, 2.75) is 11.3 Å². The van der Waals surface area contributed by atoms with E-state index in [4.69, 9.17) is 9.47 Å². The molecule has 2 rings (SSSR count). The summed E-state index contributed by atoms with van der Waals surface area (Å²) in [6, 6.07) is 13.2. The molecule has 0 aromatic heterocycles. The predicted octanol–water partition coefficient (Wildman–Crippen LogP) is 2.53. The first kappa shape index (κ1) is 18.8. The minimum Gasteiger partial charge on any atom is -0.493 e. The second-order valence-electron chi connectivity index (χ2n) is 5.37. The summed E-state index contributed by atoms with van der Waals surface area (Å²) in [6.45, 7) is 0. The van der Waals surface area contributed by atoms with Gasteiger partial charge in [0.2, 0.25) is 5.91 Å².